The third-order valence-electron chi connectivity index (χ3n) is 6.36. The summed E-state index contributed by atoms with van der Waals surface area (Å²) in [6.07, 6.45) is 3.39. The van der Waals surface area contributed by atoms with Crippen LogP contribution < -0.4 is 10.1 Å². The number of benzene rings is 2. The van der Waals surface area contributed by atoms with E-state index in [0.29, 0.717) is 19.6 Å². The van der Waals surface area contributed by atoms with Crippen molar-refractivity contribution >= 4 is 11.8 Å². The highest BCUT2D eigenvalue weighted by atomic mass is 16.5. The van der Waals surface area contributed by atoms with Gasteiger partial charge in [0.05, 0.1) is 24.8 Å². The van der Waals surface area contributed by atoms with E-state index in [4.69, 9.17) is 4.74 Å². The molecule has 2 fully saturated rings. The SMILES string of the molecule is COc1ccc(C2(C(=O)N3CC(n4cc(C(=O)NCc5ccccc5)nn4)C3)CC2)cc1. The van der Waals surface area contributed by atoms with Crippen LogP contribution in [0.25, 0.3) is 0 Å². The Hall–Kier alpha value is -3.68. The summed E-state index contributed by atoms with van der Waals surface area (Å²) in [4.78, 5) is 27.4. The number of nitrogens with zero attached hydrogens (tertiary/aromatic N) is 4. The lowest BCUT2D eigenvalue weighted by molar-refractivity contribution is -0.140. The average molecular weight is 431 g/mol. The summed E-state index contributed by atoms with van der Waals surface area (Å²) in [5, 5.41) is 11.0. The Morgan fingerprint density at radius 3 is 2.47 bits per heavy atom. The van der Waals surface area contributed by atoms with E-state index in [1.807, 2.05) is 59.5 Å². The van der Waals surface area contributed by atoms with Crippen molar-refractivity contribution in [2.75, 3.05) is 20.2 Å². The van der Waals surface area contributed by atoms with E-state index < -0.39 is 5.41 Å². The number of nitrogens with one attached hydrogen (secondary N) is 1. The van der Waals surface area contributed by atoms with Gasteiger partial charge in [-0.2, -0.15) is 0 Å². The summed E-state index contributed by atoms with van der Waals surface area (Å²) in [6, 6.07) is 17.5. The van der Waals surface area contributed by atoms with Crippen LogP contribution in [0.4, 0.5) is 0 Å². The van der Waals surface area contributed by atoms with Gasteiger partial charge in [0.2, 0.25) is 5.91 Å². The maximum absolute atomic E-state index is 13.2. The van der Waals surface area contributed by atoms with E-state index in [9.17, 15) is 9.59 Å². The molecule has 1 aromatic heterocycles. The fraction of sp³-hybridized carbons (Fsp3) is 0.333. The summed E-state index contributed by atoms with van der Waals surface area (Å²) in [5.74, 6) is 0.694. The monoisotopic (exact) mass is 431 g/mol. The standard InChI is InChI=1S/C24H25N5O3/c1-32-20-9-7-18(8-10-20)24(11-12-24)23(31)28-14-19(15-28)29-16-21(26-27-29)22(30)25-13-17-5-3-2-4-6-17/h2-10,16,19H,11-15H2,1H3,(H,25,30). The Kier molecular flexibility index (Phi) is 5.13. The number of rotatable bonds is 7. The van der Waals surface area contributed by atoms with E-state index in [2.05, 4.69) is 15.6 Å². The van der Waals surface area contributed by atoms with Gasteiger partial charge in [0.15, 0.2) is 5.69 Å². The quantitative estimate of drug-likeness (QED) is 0.620. The summed E-state index contributed by atoms with van der Waals surface area (Å²) in [5.41, 5.74) is 1.95. The average Bonchev–Trinajstić information content (AvgIpc) is 3.48. The fourth-order valence-corrected chi connectivity index (χ4v) is 4.18. The highest BCUT2D eigenvalue weighted by Crippen LogP contribution is 2.50. The molecule has 2 aromatic carbocycles. The molecule has 1 saturated heterocycles. The van der Waals surface area contributed by atoms with Gasteiger partial charge < -0.3 is 15.0 Å². The van der Waals surface area contributed by atoms with Crippen LogP contribution in [-0.2, 0) is 16.8 Å². The summed E-state index contributed by atoms with van der Waals surface area (Å²) < 4.78 is 6.91. The molecule has 0 bridgehead atoms. The number of ether oxygens (including phenoxy) is 1. The van der Waals surface area contributed by atoms with Gasteiger partial charge in [-0.1, -0.05) is 47.7 Å². The molecule has 0 atom stereocenters. The summed E-state index contributed by atoms with van der Waals surface area (Å²) in [6.45, 7) is 1.59. The first-order valence-electron chi connectivity index (χ1n) is 10.8. The van der Waals surface area contributed by atoms with Crippen molar-refractivity contribution in [3.8, 4) is 5.75 Å². The highest BCUT2D eigenvalue weighted by Gasteiger charge is 2.54. The van der Waals surface area contributed by atoms with Crippen LogP contribution >= 0.6 is 0 Å². The molecule has 8 heteroatoms. The number of carbonyl (C=O) groups excluding carboxylic acids is 2. The minimum atomic E-state index is -0.401. The van der Waals surface area contributed by atoms with Gasteiger partial charge >= 0.3 is 0 Å². The molecule has 0 spiro atoms. The van der Waals surface area contributed by atoms with Crippen molar-refractivity contribution in [1.82, 2.24) is 25.2 Å². The van der Waals surface area contributed by atoms with Gasteiger partial charge in [-0.05, 0) is 36.1 Å². The van der Waals surface area contributed by atoms with E-state index in [0.717, 1.165) is 29.7 Å². The molecule has 0 radical (unpaired) electrons. The Labute approximate surface area is 186 Å². The number of methoxy groups -OCH3 is 1. The van der Waals surface area contributed by atoms with Gasteiger partial charge in [-0.15, -0.1) is 5.10 Å². The molecule has 1 aliphatic heterocycles. The molecule has 2 amide bonds. The number of aromatic nitrogens is 3. The second-order valence-corrected chi connectivity index (χ2v) is 8.43. The largest absolute Gasteiger partial charge is 0.497 e. The van der Waals surface area contributed by atoms with Crippen LogP contribution in [-0.4, -0.2) is 51.9 Å². The van der Waals surface area contributed by atoms with Crippen molar-refractivity contribution in [3.63, 3.8) is 0 Å². The van der Waals surface area contributed by atoms with E-state index in [1.165, 1.54) is 0 Å². The Bertz CT molecular complexity index is 1120. The van der Waals surface area contributed by atoms with Crippen LogP contribution in [0.1, 0.15) is 40.5 Å². The van der Waals surface area contributed by atoms with Crippen LogP contribution in [0.2, 0.25) is 0 Å². The molecular weight excluding hydrogens is 406 g/mol. The Balaban J connectivity index is 1.16. The number of carbonyl (C=O) groups is 2. The molecule has 32 heavy (non-hydrogen) atoms. The maximum atomic E-state index is 13.2. The zero-order valence-corrected chi connectivity index (χ0v) is 17.9. The van der Waals surface area contributed by atoms with Crippen LogP contribution in [0.15, 0.2) is 60.8 Å². The summed E-state index contributed by atoms with van der Waals surface area (Å²) >= 11 is 0. The van der Waals surface area contributed by atoms with Gasteiger partial charge in [0.25, 0.3) is 5.91 Å². The normalized spacial score (nSPS) is 16.8. The fourth-order valence-electron chi connectivity index (χ4n) is 4.18. The molecule has 8 nitrogen and oxygen atoms in total. The zero-order chi connectivity index (χ0) is 22.1. The number of hydrogen-bond acceptors (Lipinski definition) is 5. The first kappa shape index (κ1) is 20.2. The van der Waals surface area contributed by atoms with Crippen molar-refractivity contribution in [2.45, 2.75) is 30.8 Å². The van der Waals surface area contributed by atoms with Crippen LogP contribution in [0.3, 0.4) is 0 Å². The topological polar surface area (TPSA) is 89.4 Å². The Morgan fingerprint density at radius 1 is 1.09 bits per heavy atom. The van der Waals surface area contributed by atoms with E-state index >= 15 is 0 Å². The van der Waals surface area contributed by atoms with Crippen LogP contribution in [0.5, 0.6) is 5.75 Å². The third kappa shape index (κ3) is 3.72. The molecule has 164 valence electrons. The van der Waals surface area contributed by atoms with E-state index in [1.54, 1.807) is 18.0 Å². The molecule has 1 N–H and O–H groups in total. The van der Waals surface area contributed by atoms with Gasteiger partial charge in [0, 0.05) is 19.6 Å². The van der Waals surface area contributed by atoms with Crippen molar-refractivity contribution in [2.24, 2.45) is 0 Å². The van der Waals surface area contributed by atoms with Crippen molar-refractivity contribution in [3.05, 3.63) is 77.6 Å². The molecule has 1 aliphatic carbocycles. The molecule has 2 heterocycles. The van der Waals surface area contributed by atoms with Gasteiger partial charge in [-0.25, -0.2) is 4.68 Å². The number of likely N-dealkylation sites (tertiary alicyclic amines) is 1. The first-order chi connectivity index (χ1) is 15.6. The lowest BCUT2D eigenvalue weighted by atomic mass is 9.92. The predicted molar refractivity (Wildman–Crippen MR) is 117 cm³/mol. The van der Waals surface area contributed by atoms with Crippen LogP contribution in [0, 0.1) is 0 Å². The molecule has 0 unspecified atom stereocenters. The molecule has 5 rings (SSSR count). The summed E-state index contributed by atoms with van der Waals surface area (Å²) in [7, 11) is 1.63. The Morgan fingerprint density at radius 2 is 1.81 bits per heavy atom. The van der Waals surface area contributed by atoms with Gasteiger partial charge in [0.1, 0.15) is 5.75 Å². The van der Waals surface area contributed by atoms with E-state index in [-0.39, 0.29) is 23.6 Å². The van der Waals surface area contributed by atoms with Gasteiger partial charge in [-0.3, -0.25) is 9.59 Å². The number of hydrogen-bond donors (Lipinski definition) is 1. The molecular formula is C24H25N5O3. The molecule has 3 aromatic rings. The smallest absolute Gasteiger partial charge is 0.273 e. The number of amides is 2. The third-order valence-corrected chi connectivity index (χ3v) is 6.36. The second kappa shape index (κ2) is 8.11. The predicted octanol–water partition coefficient (Wildman–Crippen LogP) is 2.33. The zero-order valence-electron chi connectivity index (χ0n) is 17.9. The molecule has 1 saturated carbocycles. The molecule has 2 aliphatic rings. The van der Waals surface area contributed by atoms with Crippen molar-refractivity contribution < 1.29 is 14.3 Å². The van der Waals surface area contributed by atoms with Crippen molar-refractivity contribution in [1.29, 1.82) is 0 Å². The first-order valence-corrected chi connectivity index (χ1v) is 10.8. The lowest BCUT2D eigenvalue weighted by Gasteiger charge is -2.41. The minimum Gasteiger partial charge on any atom is -0.497 e. The second-order valence-electron chi connectivity index (χ2n) is 8.43. The maximum Gasteiger partial charge on any atom is 0.273 e. The minimum absolute atomic E-state index is 0.0359. The lowest BCUT2D eigenvalue weighted by Crippen LogP contribution is -2.54. The highest BCUT2D eigenvalue weighted by molar-refractivity contribution is 5.92.